The van der Waals surface area contributed by atoms with E-state index in [1.165, 1.54) is 22.2 Å². The molecular weight excluding hydrogens is 224 g/mol. The Balaban J connectivity index is 1.92. The standard InChI is InChI=1S/C15H20N2O/c1-12-4-3-5-13-10-14(16(2)15(12)13)11-17-6-8-18-9-7-17/h3-5,10H,6-9,11H2,1-2H3. The van der Waals surface area contributed by atoms with Crippen molar-refractivity contribution in [2.24, 2.45) is 7.05 Å². The SMILES string of the molecule is Cc1cccc2cc(CN3CCOCC3)n(C)c12. The van der Waals surface area contributed by atoms with Crippen molar-refractivity contribution >= 4 is 10.9 Å². The number of fused-ring (bicyclic) bond motifs is 1. The monoisotopic (exact) mass is 244 g/mol. The van der Waals surface area contributed by atoms with E-state index in [1.807, 2.05) is 0 Å². The molecule has 2 heterocycles. The maximum absolute atomic E-state index is 5.40. The van der Waals surface area contributed by atoms with Gasteiger partial charge in [0.05, 0.1) is 18.7 Å². The average molecular weight is 244 g/mol. The lowest BCUT2D eigenvalue weighted by Crippen LogP contribution is -2.36. The van der Waals surface area contributed by atoms with E-state index in [1.54, 1.807) is 0 Å². The summed E-state index contributed by atoms with van der Waals surface area (Å²) < 4.78 is 7.73. The number of aryl methyl sites for hydroxylation is 2. The van der Waals surface area contributed by atoms with Crippen LogP contribution in [0.15, 0.2) is 24.3 Å². The van der Waals surface area contributed by atoms with E-state index in [0.29, 0.717) is 0 Å². The van der Waals surface area contributed by atoms with Crippen LogP contribution in [0.3, 0.4) is 0 Å². The van der Waals surface area contributed by atoms with Crippen molar-refractivity contribution in [2.45, 2.75) is 13.5 Å². The number of aromatic nitrogens is 1. The molecule has 1 aliphatic rings. The molecule has 0 atom stereocenters. The van der Waals surface area contributed by atoms with Gasteiger partial charge in [0.2, 0.25) is 0 Å². The number of hydrogen-bond acceptors (Lipinski definition) is 2. The zero-order valence-electron chi connectivity index (χ0n) is 11.1. The first kappa shape index (κ1) is 11.8. The van der Waals surface area contributed by atoms with Crippen LogP contribution >= 0.6 is 0 Å². The minimum absolute atomic E-state index is 0.864. The van der Waals surface area contributed by atoms with Crippen LogP contribution in [0.25, 0.3) is 10.9 Å². The molecule has 0 N–H and O–H groups in total. The average Bonchev–Trinajstić information content (AvgIpc) is 2.69. The Kier molecular flexibility index (Phi) is 3.10. The number of rotatable bonds is 2. The first-order valence-corrected chi connectivity index (χ1v) is 6.60. The van der Waals surface area contributed by atoms with Crippen LogP contribution in [-0.4, -0.2) is 35.8 Å². The number of morpholine rings is 1. The van der Waals surface area contributed by atoms with Gasteiger partial charge in [-0.15, -0.1) is 0 Å². The number of benzene rings is 1. The summed E-state index contributed by atoms with van der Waals surface area (Å²) in [6.45, 7) is 7.02. The number of nitrogens with zero attached hydrogens (tertiary/aromatic N) is 2. The number of ether oxygens (including phenoxy) is 1. The van der Waals surface area contributed by atoms with Crippen molar-refractivity contribution in [2.75, 3.05) is 26.3 Å². The van der Waals surface area contributed by atoms with Crippen molar-refractivity contribution < 1.29 is 4.74 Å². The minimum atomic E-state index is 0.864. The first-order valence-electron chi connectivity index (χ1n) is 6.60. The summed E-state index contributed by atoms with van der Waals surface area (Å²) >= 11 is 0. The van der Waals surface area contributed by atoms with Gasteiger partial charge in [0.15, 0.2) is 0 Å². The Morgan fingerprint density at radius 1 is 1.22 bits per heavy atom. The fourth-order valence-corrected chi connectivity index (χ4v) is 2.82. The molecule has 1 aromatic heterocycles. The molecule has 1 saturated heterocycles. The van der Waals surface area contributed by atoms with Crippen molar-refractivity contribution in [1.29, 1.82) is 0 Å². The van der Waals surface area contributed by atoms with E-state index < -0.39 is 0 Å². The molecule has 18 heavy (non-hydrogen) atoms. The highest BCUT2D eigenvalue weighted by atomic mass is 16.5. The van der Waals surface area contributed by atoms with Crippen LogP contribution in [0, 0.1) is 6.92 Å². The summed E-state index contributed by atoms with van der Waals surface area (Å²) in [5, 5.41) is 1.35. The Labute approximate surface area is 108 Å². The predicted molar refractivity (Wildman–Crippen MR) is 73.8 cm³/mol. The molecule has 0 saturated carbocycles. The molecule has 0 amide bonds. The molecule has 0 bridgehead atoms. The Hall–Kier alpha value is -1.32. The normalized spacial score (nSPS) is 17.4. The van der Waals surface area contributed by atoms with Gasteiger partial charge in [-0.05, 0) is 18.6 Å². The zero-order valence-corrected chi connectivity index (χ0v) is 11.1. The lowest BCUT2D eigenvalue weighted by molar-refractivity contribution is 0.0333. The van der Waals surface area contributed by atoms with Crippen LogP contribution in [0.1, 0.15) is 11.3 Å². The second kappa shape index (κ2) is 4.75. The maximum atomic E-state index is 5.40. The fourth-order valence-electron chi connectivity index (χ4n) is 2.82. The zero-order chi connectivity index (χ0) is 12.5. The van der Waals surface area contributed by atoms with E-state index in [9.17, 15) is 0 Å². The van der Waals surface area contributed by atoms with E-state index in [0.717, 1.165) is 32.8 Å². The molecule has 3 rings (SSSR count). The van der Waals surface area contributed by atoms with Gasteiger partial charge in [-0.1, -0.05) is 18.2 Å². The molecular formula is C15H20N2O. The second-order valence-electron chi connectivity index (χ2n) is 5.10. The first-order chi connectivity index (χ1) is 8.75. The summed E-state index contributed by atoms with van der Waals surface area (Å²) in [7, 11) is 2.17. The van der Waals surface area contributed by atoms with Gasteiger partial charge in [-0.3, -0.25) is 4.90 Å². The van der Waals surface area contributed by atoms with Gasteiger partial charge in [0.1, 0.15) is 0 Å². The molecule has 96 valence electrons. The van der Waals surface area contributed by atoms with Crippen molar-refractivity contribution in [3.05, 3.63) is 35.5 Å². The molecule has 2 aromatic rings. The van der Waals surface area contributed by atoms with E-state index in [2.05, 4.69) is 47.7 Å². The van der Waals surface area contributed by atoms with Crippen LogP contribution in [0.5, 0.6) is 0 Å². The molecule has 1 fully saturated rings. The molecule has 0 spiro atoms. The summed E-state index contributed by atoms with van der Waals surface area (Å²) in [5.74, 6) is 0. The Bertz CT molecular complexity index is 553. The summed E-state index contributed by atoms with van der Waals surface area (Å²) in [6.07, 6.45) is 0. The van der Waals surface area contributed by atoms with Gasteiger partial charge in [0.25, 0.3) is 0 Å². The van der Waals surface area contributed by atoms with E-state index >= 15 is 0 Å². The third kappa shape index (κ3) is 2.04. The van der Waals surface area contributed by atoms with Crippen LogP contribution in [0.2, 0.25) is 0 Å². The Morgan fingerprint density at radius 3 is 2.72 bits per heavy atom. The number of para-hydroxylation sites is 1. The quantitative estimate of drug-likeness (QED) is 0.806. The van der Waals surface area contributed by atoms with Crippen molar-refractivity contribution in [3.63, 3.8) is 0 Å². The lowest BCUT2D eigenvalue weighted by Gasteiger charge is -2.26. The highest BCUT2D eigenvalue weighted by molar-refractivity contribution is 5.84. The van der Waals surface area contributed by atoms with E-state index in [4.69, 9.17) is 4.74 Å². The molecule has 0 aliphatic carbocycles. The third-order valence-corrected chi connectivity index (χ3v) is 3.85. The number of hydrogen-bond donors (Lipinski definition) is 0. The van der Waals surface area contributed by atoms with Gasteiger partial charge < -0.3 is 9.30 Å². The van der Waals surface area contributed by atoms with E-state index in [-0.39, 0.29) is 0 Å². The van der Waals surface area contributed by atoms with Crippen LogP contribution < -0.4 is 0 Å². The van der Waals surface area contributed by atoms with Gasteiger partial charge in [-0.2, -0.15) is 0 Å². The van der Waals surface area contributed by atoms with Crippen LogP contribution in [0.4, 0.5) is 0 Å². The van der Waals surface area contributed by atoms with Crippen LogP contribution in [-0.2, 0) is 18.3 Å². The fraction of sp³-hybridized carbons (Fsp3) is 0.467. The lowest BCUT2D eigenvalue weighted by atomic mass is 10.2. The topological polar surface area (TPSA) is 17.4 Å². The summed E-state index contributed by atoms with van der Waals surface area (Å²) in [4.78, 5) is 2.47. The molecule has 3 nitrogen and oxygen atoms in total. The van der Waals surface area contributed by atoms with Gasteiger partial charge >= 0.3 is 0 Å². The van der Waals surface area contributed by atoms with Crippen molar-refractivity contribution in [3.8, 4) is 0 Å². The van der Waals surface area contributed by atoms with Gasteiger partial charge in [-0.25, -0.2) is 0 Å². The molecule has 1 aliphatic heterocycles. The summed E-state index contributed by atoms with van der Waals surface area (Å²) in [6, 6.07) is 8.83. The highest BCUT2D eigenvalue weighted by Gasteiger charge is 2.14. The highest BCUT2D eigenvalue weighted by Crippen LogP contribution is 2.23. The molecule has 1 aromatic carbocycles. The smallest absolute Gasteiger partial charge is 0.0594 e. The molecule has 3 heteroatoms. The summed E-state index contributed by atoms with van der Waals surface area (Å²) in [5.41, 5.74) is 4.10. The third-order valence-electron chi connectivity index (χ3n) is 3.85. The molecule has 0 radical (unpaired) electrons. The minimum Gasteiger partial charge on any atom is -0.379 e. The predicted octanol–water partition coefficient (Wildman–Crippen LogP) is 2.32. The Morgan fingerprint density at radius 2 is 2.00 bits per heavy atom. The largest absolute Gasteiger partial charge is 0.379 e. The molecule has 0 unspecified atom stereocenters. The second-order valence-corrected chi connectivity index (χ2v) is 5.10. The van der Waals surface area contributed by atoms with Crippen molar-refractivity contribution in [1.82, 2.24) is 9.47 Å². The van der Waals surface area contributed by atoms with Gasteiger partial charge in [0, 0.05) is 37.8 Å². The maximum Gasteiger partial charge on any atom is 0.0594 e.